The van der Waals surface area contributed by atoms with Gasteiger partial charge in [-0.1, -0.05) is 48.5 Å². The molecule has 0 aliphatic heterocycles. The van der Waals surface area contributed by atoms with E-state index in [-0.39, 0.29) is 0 Å². The fourth-order valence-electron chi connectivity index (χ4n) is 2.10. The van der Waals surface area contributed by atoms with E-state index in [1.54, 1.807) is 12.1 Å². The van der Waals surface area contributed by atoms with Crippen molar-refractivity contribution in [1.29, 1.82) is 0 Å². The molecule has 0 amide bonds. The molecule has 96 valence electrons. The summed E-state index contributed by atoms with van der Waals surface area (Å²) < 4.78 is 24.7. The molecule has 19 heavy (non-hydrogen) atoms. The van der Waals surface area contributed by atoms with Crippen molar-refractivity contribution < 1.29 is 8.42 Å². The first-order valence-electron chi connectivity index (χ1n) is 5.81. The van der Waals surface area contributed by atoms with E-state index in [4.69, 9.17) is 0 Å². The Morgan fingerprint density at radius 3 is 2.26 bits per heavy atom. The fraction of sp³-hybridized carbons (Fsp3) is 0.0714. The Balaban J connectivity index is 2.39. The number of benzene rings is 2. The second-order valence-corrected chi connectivity index (χ2v) is 6.15. The third-order valence-electron chi connectivity index (χ3n) is 2.92. The molecule has 5 heteroatoms. The zero-order valence-corrected chi connectivity index (χ0v) is 11.1. The van der Waals surface area contributed by atoms with Crippen molar-refractivity contribution in [3.63, 3.8) is 0 Å². The summed E-state index contributed by atoms with van der Waals surface area (Å²) in [5.41, 5.74) is 2.19. The van der Waals surface area contributed by atoms with Crippen molar-refractivity contribution in [3.05, 3.63) is 54.6 Å². The van der Waals surface area contributed by atoms with Gasteiger partial charge in [-0.25, -0.2) is 8.42 Å². The molecule has 1 aromatic heterocycles. The van der Waals surface area contributed by atoms with Crippen LogP contribution in [0.15, 0.2) is 54.6 Å². The topological polar surface area (TPSA) is 52.0 Å². The van der Waals surface area contributed by atoms with Crippen LogP contribution in [0.4, 0.5) is 0 Å². The highest BCUT2D eigenvalue weighted by atomic mass is 32.2. The lowest BCUT2D eigenvalue weighted by Crippen LogP contribution is -2.11. The quantitative estimate of drug-likeness (QED) is 0.720. The van der Waals surface area contributed by atoms with Crippen molar-refractivity contribution in [1.82, 2.24) is 9.19 Å². The van der Waals surface area contributed by atoms with E-state index in [9.17, 15) is 8.42 Å². The van der Waals surface area contributed by atoms with Crippen molar-refractivity contribution >= 4 is 20.9 Å². The van der Waals surface area contributed by atoms with Gasteiger partial charge in [0.1, 0.15) is 5.69 Å². The predicted molar refractivity (Wildman–Crippen MR) is 75.4 cm³/mol. The van der Waals surface area contributed by atoms with Crippen LogP contribution in [0.5, 0.6) is 0 Å². The average Bonchev–Trinajstić information content (AvgIpc) is 2.79. The van der Waals surface area contributed by atoms with Crippen LogP contribution < -0.4 is 0 Å². The van der Waals surface area contributed by atoms with E-state index in [0.717, 1.165) is 21.3 Å². The first kappa shape index (κ1) is 11.9. The molecule has 4 nitrogen and oxygen atoms in total. The largest absolute Gasteiger partial charge is 0.251 e. The molecule has 0 bridgehead atoms. The minimum Gasteiger partial charge on any atom is -0.205 e. The van der Waals surface area contributed by atoms with Crippen LogP contribution in [0.25, 0.3) is 22.2 Å². The van der Waals surface area contributed by atoms with Gasteiger partial charge in [-0.15, -0.1) is 0 Å². The second-order valence-electron chi connectivity index (χ2n) is 4.34. The lowest BCUT2D eigenvalue weighted by Gasteiger charge is -1.98. The van der Waals surface area contributed by atoms with Crippen molar-refractivity contribution in [2.45, 2.75) is 0 Å². The third-order valence-corrected chi connectivity index (χ3v) is 3.82. The summed E-state index contributed by atoms with van der Waals surface area (Å²) in [4.78, 5) is 0. The molecular weight excluding hydrogens is 260 g/mol. The Bertz CT molecular complexity index is 836. The molecule has 0 N–H and O–H groups in total. The average molecular weight is 272 g/mol. The number of rotatable bonds is 2. The number of fused-ring (bicyclic) bond motifs is 1. The highest BCUT2D eigenvalue weighted by Gasteiger charge is 2.16. The number of hydrogen-bond donors (Lipinski definition) is 0. The number of para-hydroxylation sites is 1. The van der Waals surface area contributed by atoms with Gasteiger partial charge in [0.05, 0.1) is 11.8 Å². The Morgan fingerprint density at radius 2 is 1.58 bits per heavy atom. The van der Waals surface area contributed by atoms with Crippen molar-refractivity contribution in [3.8, 4) is 11.3 Å². The molecule has 0 unspecified atom stereocenters. The third kappa shape index (κ3) is 2.02. The molecule has 3 aromatic rings. The van der Waals surface area contributed by atoms with E-state index in [1.807, 2.05) is 42.5 Å². The summed E-state index contributed by atoms with van der Waals surface area (Å²) >= 11 is 0. The predicted octanol–water partition coefficient (Wildman–Crippen LogP) is 2.51. The fourth-order valence-corrected chi connectivity index (χ4v) is 2.85. The highest BCUT2D eigenvalue weighted by molar-refractivity contribution is 7.89. The first-order valence-corrected chi connectivity index (χ1v) is 7.66. The van der Waals surface area contributed by atoms with Gasteiger partial charge in [0.25, 0.3) is 10.0 Å². The number of aromatic nitrogens is 2. The standard InChI is InChI=1S/C14H12N2O2S/c1-19(17,18)16-13-10-6-5-9-12(13)14(15-16)11-7-3-2-4-8-11/h2-10H,1H3. The summed E-state index contributed by atoms with van der Waals surface area (Å²) in [6.45, 7) is 0. The Kier molecular flexibility index (Phi) is 2.64. The van der Waals surface area contributed by atoms with Crippen LogP contribution in [0, 0.1) is 0 Å². The van der Waals surface area contributed by atoms with E-state index in [2.05, 4.69) is 5.10 Å². The van der Waals surface area contributed by atoms with Gasteiger partial charge >= 0.3 is 0 Å². The maximum Gasteiger partial charge on any atom is 0.251 e. The van der Waals surface area contributed by atoms with Crippen LogP contribution in [-0.2, 0) is 10.0 Å². The minimum atomic E-state index is -3.41. The Morgan fingerprint density at radius 1 is 0.947 bits per heavy atom. The first-order chi connectivity index (χ1) is 9.07. The molecule has 3 rings (SSSR count). The van der Waals surface area contributed by atoms with Crippen LogP contribution in [0.2, 0.25) is 0 Å². The Hall–Kier alpha value is -2.14. The Labute approximate surface area is 111 Å². The maximum atomic E-state index is 11.8. The monoisotopic (exact) mass is 272 g/mol. The van der Waals surface area contributed by atoms with Gasteiger partial charge in [0, 0.05) is 10.9 Å². The van der Waals surface area contributed by atoms with E-state index >= 15 is 0 Å². The van der Waals surface area contributed by atoms with E-state index in [1.165, 1.54) is 0 Å². The molecule has 0 aliphatic carbocycles. The van der Waals surface area contributed by atoms with Crippen molar-refractivity contribution in [2.24, 2.45) is 0 Å². The molecule has 1 heterocycles. The normalized spacial score (nSPS) is 11.8. The summed E-state index contributed by atoms with van der Waals surface area (Å²) in [7, 11) is -3.41. The molecule has 0 aliphatic rings. The summed E-state index contributed by atoms with van der Waals surface area (Å²) in [5.74, 6) is 0. The SMILES string of the molecule is CS(=O)(=O)n1nc(-c2ccccc2)c2ccccc21. The minimum absolute atomic E-state index is 0.601. The zero-order chi connectivity index (χ0) is 13.5. The van der Waals surface area contributed by atoms with Gasteiger partial charge in [0.2, 0.25) is 0 Å². The molecule has 0 atom stereocenters. The molecule has 0 spiro atoms. The second kappa shape index (κ2) is 4.20. The summed E-state index contributed by atoms with van der Waals surface area (Å²) in [6.07, 6.45) is 1.15. The summed E-state index contributed by atoms with van der Waals surface area (Å²) in [5, 5.41) is 5.09. The lowest BCUT2D eigenvalue weighted by molar-refractivity contribution is 0.589. The molecule has 0 radical (unpaired) electrons. The van der Waals surface area contributed by atoms with Crippen LogP contribution in [0.3, 0.4) is 0 Å². The van der Waals surface area contributed by atoms with Crippen molar-refractivity contribution in [2.75, 3.05) is 6.26 Å². The molecule has 0 saturated carbocycles. The molecule has 0 fully saturated rings. The van der Waals surface area contributed by atoms with Crippen LogP contribution in [0.1, 0.15) is 0 Å². The number of hydrogen-bond acceptors (Lipinski definition) is 3. The van der Waals surface area contributed by atoms with Gasteiger partial charge in [-0.3, -0.25) is 0 Å². The van der Waals surface area contributed by atoms with Crippen LogP contribution >= 0.6 is 0 Å². The van der Waals surface area contributed by atoms with Gasteiger partial charge < -0.3 is 0 Å². The molecule has 0 saturated heterocycles. The maximum absolute atomic E-state index is 11.8. The zero-order valence-electron chi connectivity index (χ0n) is 10.3. The smallest absolute Gasteiger partial charge is 0.205 e. The van der Waals surface area contributed by atoms with E-state index < -0.39 is 10.0 Å². The molecular formula is C14H12N2O2S. The van der Waals surface area contributed by atoms with Gasteiger partial charge in [-0.2, -0.15) is 9.19 Å². The number of nitrogens with zero attached hydrogens (tertiary/aromatic N) is 2. The van der Waals surface area contributed by atoms with Crippen LogP contribution in [-0.4, -0.2) is 23.9 Å². The highest BCUT2D eigenvalue weighted by Crippen LogP contribution is 2.28. The van der Waals surface area contributed by atoms with E-state index in [0.29, 0.717) is 11.2 Å². The summed E-state index contributed by atoms with van der Waals surface area (Å²) in [6, 6.07) is 16.9. The lowest BCUT2D eigenvalue weighted by atomic mass is 10.1. The van der Waals surface area contributed by atoms with Gasteiger partial charge in [-0.05, 0) is 6.07 Å². The van der Waals surface area contributed by atoms with Gasteiger partial charge in [0.15, 0.2) is 0 Å². The molecule has 2 aromatic carbocycles.